The summed E-state index contributed by atoms with van der Waals surface area (Å²) in [5, 5.41) is 16.2. The number of fused-ring (bicyclic) bond motifs is 1. The topological polar surface area (TPSA) is 81.7 Å². The molecule has 1 aromatic carbocycles. The van der Waals surface area contributed by atoms with Gasteiger partial charge in [0.15, 0.2) is 0 Å². The number of carbonyl (C=O) groups excluding carboxylic acids is 2. The molecule has 0 spiro atoms. The Hall–Kier alpha value is -2.06. The lowest BCUT2D eigenvalue weighted by molar-refractivity contribution is -0.156. The molecular formula is C25H35F2N3O3. The molecule has 6 nitrogen and oxygen atoms in total. The standard InChI is InChI=1S/C25H35F2N3O3/c1-16-6-9-19(10-7-16)25(26,27)24(33)29-14-17-8-11-20-18(13-17)15-30(23(20)32)21-5-3-2-4-12-28-22(21)31/h8,11,13,16,19,21,23,32H,2-7,9-10,12,14-15H2,1H3,(H,28,31)(H,29,33). The molecule has 4 rings (SSSR count). The van der Waals surface area contributed by atoms with Crippen molar-refractivity contribution in [3.8, 4) is 0 Å². The van der Waals surface area contributed by atoms with E-state index in [0.717, 1.165) is 43.2 Å². The number of halogens is 2. The van der Waals surface area contributed by atoms with Gasteiger partial charge in [0.25, 0.3) is 5.91 Å². The van der Waals surface area contributed by atoms with Crippen LogP contribution in [0.4, 0.5) is 8.78 Å². The molecule has 2 aliphatic heterocycles. The van der Waals surface area contributed by atoms with Gasteiger partial charge in [0, 0.05) is 25.6 Å². The van der Waals surface area contributed by atoms with E-state index < -0.39 is 30.0 Å². The average Bonchev–Trinajstić information content (AvgIpc) is 3.10. The summed E-state index contributed by atoms with van der Waals surface area (Å²) in [6, 6.07) is 4.95. The predicted octanol–water partition coefficient (Wildman–Crippen LogP) is 3.63. The second-order valence-electron chi connectivity index (χ2n) is 10.00. The van der Waals surface area contributed by atoms with E-state index in [-0.39, 0.29) is 12.5 Å². The number of benzene rings is 1. The second kappa shape index (κ2) is 10.1. The molecule has 2 amide bonds. The normalized spacial score (nSPS) is 29.0. The molecule has 1 saturated heterocycles. The van der Waals surface area contributed by atoms with Crippen molar-refractivity contribution in [2.45, 2.75) is 89.6 Å². The van der Waals surface area contributed by atoms with Gasteiger partial charge in [0.2, 0.25) is 5.91 Å². The minimum Gasteiger partial charge on any atom is -0.374 e. The number of rotatable bonds is 5. The van der Waals surface area contributed by atoms with Gasteiger partial charge in [-0.2, -0.15) is 8.78 Å². The Bertz CT molecular complexity index is 870. The van der Waals surface area contributed by atoms with Gasteiger partial charge < -0.3 is 15.7 Å². The van der Waals surface area contributed by atoms with Crippen LogP contribution in [0.5, 0.6) is 0 Å². The Labute approximate surface area is 194 Å². The molecule has 2 atom stereocenters. The zero-order valence-electron chi connectivity index (χ0n) is 19.3. The van der Waals surface area contributed by atoms with Gasteiger partial charge >= 0.3 is 5.92 Å². The minimum atomic E-state index is -3.37. The first-order chi connectivity index (χ1) is 15.8. The van der Waals surface area contributed by atoms with Crippen molar-refractivity contribution in [2.75, 3.05) is 6.54 Å². The zero-order chi connectivity index (χ0) is 23.6. The van der Waals surface area contributed by atoms with E-state index in [1.807, 2.05) is 6.07 Å². The van der Waals surface area contributed by atoms with E-state index in [0.29, 0.717) is 43.8 Å². The molecule has 2 fully saturated rings. The van der Waals surface area contributed by atoms with Crippen LogP contribution in [0.1, 0.15) is 81.2 Å². The third-order valence-electron chi connectivity index (χ3n) is 7.59. The van der Waals surface area contributed by atoms with Crippen LogP contribution in [0.2, 0.25) is 0 Å². The van der Waals surface area contributed by atoms with Gasteiger partial charge in [0.05, 0.1) is 6.04 Å². The molecule has 0 bridgehead atoms. The maximum atomic E-state index is 14.7. The highest BCUT2D eigenvalue weighted by atomic mass is 19.3. The first-order valence-electron chi connectivity index (χ1n) is 12.3. The quantitative estimate of drug-likeness (QED) is 0.623. The molecular weight excluding hydrogens is 428 g/mol. The number of carbonyl (C=O) groups is 2. The van der Waals surface area contributed by atoms with Crippen LogP contribution in [0.15, 0.2) is 18.2 Å². The summed E-state index contributed by atoms with van der Waals surface area (Å²) >= 11 is 0. The average molecular weight is 464 g/mol. The van der Waals surface area contributed by atoms with Crippen LogP contribution < -0.4 is 10.6 Å². The number of alkyl halides is 2. The fraction of sp³-hybridized carbons (Fsp3) is 0.680. The maximum absolute atomic E-state index is 14.7. The van der Waals surface area contributed by atoms with Crippen molar-refractivity contribution in [3.05, 3.63) is 34.9 Å². The van der Waals surface area contributed by atoms with E-state index in [2.05, 4.69) is 17.6 Å². The summed E-state index contributed by atoms with van der Waals surface area (Å²) in [4.78, 5) is 26.7. The smallest absolute Gasteiger partial charge is 0.327 e. The highest BCUT2D eigenvalue weighted by Crippen LogP contribution is 2.39. The lowest BCUT2D eigenvalue weighted by Crippen LogP contribution is -2.47. The van der Waals surface area contributed by atoms with Crippen molar-refractivity contribution in [2.24, 2.45) is 11.8 Å². The van der Waals surface area contributed by atoms with Gasteiger partial charge in [0.1, 0.15) is 6.23 Å². The number of aliphatic hydroxyl groups is 1. The third kappa shape index (κ3) is 5.22. The van der Waals surface area contributed by atoms with Gasteiger partial charge in [-0.25, -0.2) is 0 Å². The van der Waals surface area contributed by atoms with Crippen molar-refractivity contribution < 1.29 is 23.5 Å². The van der Waals surface area contributed by atoms with Crippen LogP contribution in [-0.4, -0.2) is 40.3 Å². The molecule has 33 heavy (non-hydrogen) atoms. The summed E-state index contributed by atoms with van der Waals surface area (Å²) in [6.07, 6.45) is 4.98. The third-order valence-corrected chi connectivity index (χ3v) is 7.59. The number of aliphatic hydroxyl groups excluding tert-OH is 1. The number of hydrogen-bond donors (Lipinski definition) is 3. The molecule has 0 aromatic heterocycles. The van der Waals surface area contributed by atoms with Crippen LogP contribution >= 0.6 is 0 Å². The van der Waals surface area contributed by atoms with E-state index >= 15 is 0 Å². The molecule has 1 aromatic rings. The fourth-order valence-electron chi connectivity index (χ4n) is 5.42. The zero-order valence-corrected chi connectivity index (χ0v) is 19.3. The van der Waals surface area contributed by atoms with Gasteiger partial charge in [-0.15, -0.1) is 0 Å². The van der Waals surface area contributed by atoms with Gasteiger partial charge in [-0.05, 0) is 48.3 Å². The van der Waals surface area contributed by atoms with Crippen LogP contribution in [0.3, 0.4) is 0 Å². The fourth-order valence-corrected chi connectivity index (χ4v) is 5.42. The summed E-state index contributed by atoms with van der Waals surface area (Å²) in [6.45, 7) is 3.13. The Morgan fingerprint density at radius 1 is 1.18 bits per heavy atom. The van der Waals surface area contributed by atoms with Crippen molar-refractivity contribution in [1.29, 1.82) is 0 Å². The molecule has 182 valence electrons. The Morgan fingerprint density at radius 3 is 2.70 bits per heavy atom. The maximum Gasteiger partial charge on any atom is 0.327 e. The van der Waals surface area contributed by atoms with Gasteiger partial charge in [-0.3, -0.25) is 14.5 Å². The summed E-state index contributed by atoms with van der Waals surface area (Å²) in [5.41, 5.74) is 2.28. The van der Waals surface area contributed by atoms with E-state index in [9.17, 15) is 23.5 Å². The Kier molecular flexibility index (Phi) is 7.34. The molecule has 8 heteroatoms. The first-order valence-corrected chi connectivity index (χ1v) is 12.3. The summed E-state index contributed by atoms with van der Waals surface area (Å²) in [7, 11) is 0. The SMILES string of the molecule is CC1CCC(C(F)(F)C(=O)NCc2ccc3c(c2)CN(C2CCCCCNC2=O)C3O)CC1. The molecule has 2 unspecified atom stereocenters. The molecule has 1 aliphatic carbocycles. The molecule has 3 aliphatic rings. The number of hydrogen-bond acceptors (Lipinski definition) is 4. The lowest BCUT2D eigenvalue weighted by Gasteiger charge is -2.31. The Balaban J connectivity index is 1.38. The van der Waals surface area contributed by atoms with Crippen molar-refractivity contribution >= 4 is 11.8 Å². The second-order valence-corrected chi connectivity index (χ2v) is 10.00. The molecule has 3 N–H and O–H groups in total. The van der Waals surface area contributed by atoms with Crippen molar-refractivity contribution in [1.82, 2.24) is 15.5 Å². The minimum absolute atomic E-state index is 0.00480. The first kappa shape index (κ1) is 24.1. The summed E-state index contributed by atoms with van der Waals surface area (Å²) < 4.78 is 29.3. The van der Waals surface area contributed by atoms with Gasteiger partial charge in [-0.1, -0.05) is 50.8 Å². The van der Waals surface area contributed by atoms with Crippen LogP contribution in [0, 0.1) is 11.8 Å². The van der Waals surface area contributed by atoms with Crippen LogP contribution in [-0.2, 0) is 22.7 Å². The number of amides is 2. The van der Waals surface area contributed by atoms with E-state index in [1.54, 1.807) is 17.0 Å². The summed E-state index contributed by atoms with van der Waals surface area (Å²) in [5.74, 6) is -5.10. The number of nitrogens with one attached hydrogen (secondary N) is 2. The van der Waals surface area contributed by atoms with Crippen LogP contribution in [0.25, 0.3) is 0 Å². The Morgan fingerprint density at radius 2 is 1.94 bits per heavy atom. The lowest BCUT2D eigenvalue weighted by atomic mass is 9.79. The molecule has 0 radical (unpaired) electrons. The highest BCUT2D eigenvalue weighted by Gasteiger charge is 2.47. The van der Waals surface area contributed by atoms with E-state index in [1.165, 1.54) is 0 Å². The monoisotopic (exact) mass is 463 g/mol. The van der Waals surface area contributed by atoms with Crippen molar-refractivity contribution in [3.63, 3.8) is 0 Å². The largest absolute Gasteiger partial charge is 0.374 e. The highest BCUT2D eigenvalue weighted by molar-refractivity contribution is 5.83. The molecule has 1 saturated carbocycles. The number of nitrogens with zero attached hydrogens (tertiary/aromatic N) is 1. The van der Waals surface area contributed by atoms with E-state index in [4.69, 9.17) is 0 Å². The molecule has 2 heterocycles. The predicted molar refractivity (Wildman–Crippen MR) is 120 cm³/mol.